The summed E-state index contributed by atoms with van der Waals surface area (Å²) in [7, 11) is 0. The molecule has 0 spiro atoms. The molecule has 126 valence electrons. The number of amides is 1. The molecule has 0 aliphatic heterocycles. The SMILES string of the molecule is CCC(=NNC(=O)c1ccc(C(C)(C)C)cc1)c1ccc(Cl)cc1. The molecule has 0 aliphatic carbocycles. The molecule has 0 atom stereocenters. The van der Waals surface area contributed by atoms with Crippen LogP contribution in [-0.4, -0.2) is 11.6 Å². The molecular weight excluding hydrogens is 320 g/mol. The Hall–Kier alpha value is -2.13. The van der Waals surface area contributed by atoms with Crippen molar-refractivity contribution in [3.05, 3.63) is 70.2 Å². The lowest BCUT2D eigenvalue weighted by molar-refractivity contribution is 0.0954. The summed E-state index contributed by atoms with van der Waals surface area (Å²) in [6.45, 7) is 8.43. The van der Waals surface area contributed by atoms with E-state index in [2.05, 4.69) is 31.3 Å². The van der Waals surface area contributed by atoms with Crippen LogP contribution < -0.4 is 5.43 Å². The van der Waals surface area contributed by atoms with E-state index in [9.17, 15) is 4.79 Å². The van der Waals surface area contributed by atoms with Gasteiger partial charge >= 0.3 is 0 Å². The van der Waals surface area contributed by atoms with Crippen molar-refractivity contribution in [1.29, 1.82) is 0 Å². The third-order valence-corrected chi connectivity index (χ3v) is 4.07. The van der Waals surface area contributed by atoms with E-state index in [1.54, 1.807) is 0 Å². The number of carbonyl (C=O) groups excluding carboxylic acids is 1. The fraction of sp³-hybridized carbons (Fsp3) is 0.300. The number of benzene rings is 2. The second-order valence-corrected chi connectivity index (χ2v) is 7.12. The Kier molecular flexibility index (Phi) is 5.79. The van der Waals surface area contributed by atoms with Crippen molar-refractivity contribution >= 4 is 23.2 Å². The molecule has 2 aromatic carbocycles. The van der Waals surface area contributed by atoms with Crippen LogP contribution in [0, 0.1) is 0 Å². The lowest BCUT2D eigenvalue weighted by atomic mass is 9.87. The second kappa shape index (κ2) is 7.63. The first kappa shape index (κ1) is 18.2. The molecular formula is C20H23ClN2O. The number of nitrogens with one attached hydrogen (secondary N) is 1. The van der Waals surface area contributed by atoms with E-state index in [1.807, 2.05) is 55.5 Å². The summed E-state index contributed by atoms with van der Waals surface area (Å²) in [5, 5.41) is 4.94. The van der Waals surface area contributed by atoms with Crippen LogP contribution in [0.3, 0.4) is 0 Å². The minimum Gasteiger partial charge on any atom is -0.267 e. The van der Waals surface area contributed by atoms with Crippen molar-refractivity contribution in [2.75, 3.05) is 0 Å². The maximum atomic E-state index is 12.3. The summed E-state index contributed by atoms with van der Waals surface area (Å²) in [6, 6.07) is 15.1. The van der Waals surface area contributed by atoms with Gasteiger partial charge in [-0.05, 0) is 47.2 Å². The molecule has 0 saturated carbocycles. The first-order valence-electron chi connectivity index (χ1n) is 8.04. The Labute approximate surface area is 148 Å². The highest BCUT2D eigenvalue weighted by Crippen LogP contribution is 2.22. The summed E-state index contributed by atoms with van der Waals surface area (Å²) in [4.78, 5) is 12.3. The van der Waals surface area contributed by atoms with Crippen LogP contribution in [0.2, 0.25) is 5.02 Å². The van der Waals surface area contributed by atoms with Gasteiger partial charge in [-0.2, -0.15) is 5.10 Å². The van der Waals surface area contributed by atoms with Crippen molar-refractivity contribution in [2.24, 2.45) is 5.10 Å². The van der Waals surface area contributed by atoms with Crippen LogP contribution >= 0.6 is 11.6 Å². The molecule has 4 heteroatoms. The van der Waals surface area contributed by atoms with E-state index in [1.165, 1.54) is 5.56 Å². The van der Waals surface area contributed by atoms with E-state index in [4.69, 9.17) is 11.6 Å². The number of rotatable bonds is 4. The van der Waals surface area contributed by atoms with Gasteiger partial charge in [-0.1, -0.05) is 63.6 Å². The third-order valence-electron chi connectivity index (χ3n) is 3.82. The molecule has 1 amide bonds. The summed E-state index contributed by atoms with van der Waals surface area (Å²) in [5.74, 6) is -0.213. The lowest BCUT2D eigenvalue weighted by Crippen LogP contribution is -2.20. The summed E-state index contributed by atoms with van der Waals surface area (Å²) in [5.41, 5.74) is 6.25. The molecule has 0 fully saturated rings. The van der Waals surface area contributed by atoms with Gasteiger partial charge < -0.3 is 0 Å². The molecule has 0 aromatic heterocycles. The highest BCUT2D eigenvalue weighted by atomic mass is 35.5. The van der Waals surface area contributed by atoms with Crippen molar-refractivity contribution < 1.29 is 4.79 Å². The lowest BCUT2D eigenvalue weighted by Gasteiger charge is -2.18. The molecule has 0 unspecified atom stereocenters. The smallest absolute Gasteiger partial charge is 0.267 e. The monoisotopic (exact) mass is 342 g/mol. The molecule has 0 bridgehead atoms. The number of hydrazone groups is 1. The summed E-state index contributed by atoms with van der Waals surface area (Å²) in [6.07, 6.45) is 0.713. The van der Waals surface area contributed by atoms with Crippen LogP contribution in [-0.2, 0) is 5.41 Å². The minimum absolute atomic E-state index is 0.0666. The molecule has 0 saturated heterocycles. The normalized spacial score (nSPS) is 12.1. The highest BCUT2D eigenvalue weighted by Gasteiger charge is 2.14. The molecule has 2 aromatic rings. The minimum atomic E-state index is -0.213. The number of hydrogen-bond donors (Lipinski definition) is 1. The van der Waals surface area contributed by atoms with Gasteiger partial charge in [-0.3, -0.25) is 4.79 Å². The van der Waals surface area contributed by atoms with Crippen LogP contribution in [0.25, 0.3) is 0 Å². The van der Waals surface area contributed by atoms with E-state index < -0.39 is 0 Å². The van der Waals surface area contributed by atoms with Gasteiger partial charge in [0.05, 0.1) is 5.71 Å². The molecule has 1 N–H and O–H groups in total. The molecule has 0 radical (unpaired) electrons. The zero-order chi connectivity index (χ0) is 17.7. The fourth-order valence-corrected chi connectivity index (χ4v) is 2.42. The van der Waals surface area contributed by atoms with Crippen molar-refractivity contribution in [1.82, 2.24) is 5.43 Å². The quantitative estimate of drug-likeness (QED) is 0.603. The third kappa shape index (κ3) is 4.68. The van der Waals surface area contributed by atoms with Gasteiger partial charge in [0.15, 0.2) is 0 Å². The maximum Gasteiger partial charge on any atom is 0.271 e. The van der Waals surface area contributed by atoms with Crippen LogP contribution in [0.5, 0.6) is 0 Å². The van der Waals surface area contributed by atoms with E-state index in [0.29, 0.717) is 17.0 Å². The second-order valence-electron chi connectivity index (χ2n) is 6.69. The number of carbonyl (C=O) groups is 1. The molecule has 0 aliphatic rings. The fourth-order valence-electron chi connectivity index (χ4n) is 2.29. The number of halogens is 1. The Morgan fingerprint density at radius 1 is 1.00 bits per heavy atom. The molecule has 24 heavy (non-hydrogen) atoms. The predicted molar refractivity (Wildman–Crippen MR) is 101 cm³/mol. The first-order valence-corrected chi connectivity index (χ1v) is 8.42. The molecule has 0 heterocycles. The Morgan fingerprint density at radius 3 is 2.04 bits per heavy atom. The topological polar surface area (TPSA) is 41.5 Å². The predicted octanol–water partition coefficient (Wildman–Crippen LogP) is 5.18. The highest BCUT2D eigenvalue weighted by molar-refractivity contribution is 6.30. The van der Waals surface area contributed by atoms with Crippen LogP contribution in [0.15, 0.2) is 53.6 Å². The Morgan fingerprint density at radius 2 is 1.54 bits per heavy atom. The van der Waals surface area contributed by atoms with Gasteiger partial charge in [0.1, 0.15) is 0 Å². The average Bonchev–Trinajstić information content (AvgIpc) is 2.56. The van der Waals surface area contributed by atoms with Crippen molar-refractivity contribution in [3.63, 3.8) is 0 Å². The van der Waals surface area contributed by atoms with E-state index in [0.717, 1.165) is 11.3 Å². The summed E-state index contributed by atoms with van der Waals surface area (Å²) >= 11 is 5.90. The van der Waals surface area contributed by atoms with Gasteiger partial charge in [0, 0.05) is 10.6 Å². The number of hydrogen-bond acceptors (Lipinski definition) is 2. The zero-order valence-electron chi connectivity index (χ0n) is 14.6. The average molecular weight is 343 g/mol. The van der Waals surface area contributed by atoms with Crippen LogP contribution in [0.1, 0.15) is 55.6 Å². The Balaban J connectivity index is 2.11. The van der Waals surface area contributed by atoms with Gasteiger partial charge in [0.25, 0.3) is 5.91 Å². The zero-order valence-corrected chi connectivity index (χ0v) is 15.3. The van der Waals surface area contributed by atoms with Gasteiger partial charge in [-0.15, -0.1) is 0 Å². The summed E-state index contributed by atoms with van der Waals surface area (Å²) < 4.78 is 0. The molecule has 3 nitrogen and oxygen atoms in total. The van der Waals surface area contributed by atoms with E-state index in [-0.39, 0.29) is 11.3 Å². The van der Waals surface area contributed by atoms with Crippen LogP contribution in [0.4, 0.5) is 0 Å². The van der Waals surface area contributed by atoms with Gasteiger partial charge in [0.2, 0.25) is 0 Å². The number of nitrogens with zero attached hydrogens (tertiary/aromatic N) is 1. The first-order chi connectivity index (χ1) is 11.3. The standard InChI is InChI=1S/C20H23ClN2O/c1-5-18(14-8-12-17(21)13-9-14)22-23-19(24)15-6-10-16(11-7-15)20(2,3)4/h6-13H,5H2,1-4H3,(H,23,24). The van der Waals surface area contributed by atoms with Gasteiger partial charge in [-0.25, -0.2) is 5.43 Å². The van der Waals surface area contributed by atoms with Crippen molar-refractivity contribution in [3.8, 4) is 0 Å². The largest absolute Gasteiger partial charge is 0.271 e. The van der Waals surface area contributed by atoms with E-state index >= 15 is 0 Å². The Bertz CT molecular complexity index is 726. The maximum absolute atomic E-state index is 12.3. The molecule has 2 rings (SSSR count). The van der Waals surface area contributed by atoms with Crippen molar-refractivity contribution in [2.45, 2.75) is 39.5 Å².